The summed E-state index contributed by atoms with van der Waals surface area (Å²) >= 11 is 0. The van der Waals surface area contributed by atoms with E-state index >= 15 is 0 Å². The van der Waals surface area contributed by atoms with Gasteiger partial charge in [-0.1, -0.05) is 6.92 Å². The van der Waals surface area contributed by atoms with Crippen LogP contribution in [0.5, 0.6) is 0 Å². The Morgan fingerprint density at radius 2 is 2.07 bits per heavy atom. The molecular weight excluding hydrogens is 188 g/mol. The monoisotopic (exact) mass is 206 g/mol. The van der Waals surface area contributed by atoms with E-state index in [0.717, 1.165) is 49.9 Å². The van der Waals surface area contributed by atoms with Gasteiger partial charge in [-0.2, -0.15) is 0 Å². The molecule has 4 nitrogen and oxygen atoms in total. The minimum Gasteiger partial charge on any atom is -0.354 e. The van der Waals surface area contributed by atoms with E-state index in [4.69, 9.17) is 0 Å². The lowest BCUT2D eigenvalue weighted by Crippen LogP contribution is -2.44. The van der Waals surface area contributed by atoms with E-state index in [0.29, 0.717) is 0 Å². The van der Waals surface area contributed by atoms with Gasteiger partial charge in [-0.05, 0) is 6.92 Å². The van der Waals surface area contributed by atoms with Crippen LogP contribution in [-0.2, 0) is 6.42 Å². The first-order valence-corrected chi connectivity index (χ1v) is 5.60. The molecule has 0 radical (unpaired) electrons. The highest BCUT2D eigenvalue weighted by Gasteiger charge is 2.12. The molecule has 1 aliphatic rings. The van der Waals surface area contributed by atoms with Gasteiger partial charge in [0.1, 0.15) is 11.6 Å². The Hall–Kier alpha value is -1.16. The van der Waals surface area contributed by atoms with E-state index in [1.807, 2.05) is 6.92 Å². The summed E-state index contributed by atoms with van der Waals surface area (Å²) in [6.07, 6.45) is 0.904. The number of hydrogen-bond acceptors (Lipinski definition) is 4. The average molecular weight is 206 g/mol. The molecule has 0 bridgehead atoms. The predicted molar refractivity (Wildman–Crippen MR) is 61.2 cm³/mol. The molecule has 1 N–H and O–H groups in total. The molecule has 15 heavy (non-hydrogen) atoms. The molecular formula is C11H18N4. The van der Waals surface area contributed by atoms with E-state index < -0.39 is 0 Å². The molecule has 2 heterocycles. The SMILES string of the molecule is CCc1nc(C)cc(N2CCNCC2)n1. The molecule has 82 valence electrons. The largest absolute Gasteiger partial charge is 0.354 e. The topological polar surface area (TPSA) is 41.1 Å². The number of nitrogens with one attached hydrogen (secondary N) is 1. The molecule has 1 fully saturated rings. The molecule has 0 saturated carbocycles. The molecule has 2 rings (SSSR count). The van der Waals surface area contributed by atoms with Gasteiger partial charge in [0.2, 0.25) is 0 Å². The van der Waals surface area contributed by atoms with Gasteiger partial charge in [0, 0.05) is 44.4 Å². The maximum Gasteiger partial charge on any atom is 0.132 e. The number of aryl methyl sites for hydroxylation is 2. The molecule has 0 aromatic carbocycles. The van der Waals surface area contributed by atoms with Crippen molar-refractivity contribution < 1.29 is 0 Å². The molecule has 1 saturated heterocycles. The molecule has 0 aliphatic carbocycles. The lowest BCUT2D eigenvalue weighted by molar-refractivity contribution is 0.583. The summed E-state index contributed by atoms with van der Waals surface area (Å²) in [5.41, 5.74) is 1.07. The van der Waals surface area contributed by atoms with Crippen LogP contribution in [0.1, 0.15) is 18.4 Å². The summed E-state index contributed by atoms with van der Waals surface area (Å²) in [6.45, 7) is 8.30. The van der Waals surface area contributed by atoms with Gasteiger partial charge in [0.15, 0.2) is 0 Å². The molecule has 1 aromatic heterocycles. The lowest BCUT2D eigenvalue weighted by atomic mass is 10.3. The van der Waals surface area contributed by atoms with E-state index in [2.05, 4.69) is 33.2 Å². The predicted octanol–water partition coefficient (Wildman–Crippen LogP) is 0.757. The summed E-state index contributed by atoms with van der Waals surface area (Å²) in [7, 11) is 0. The second kappa shape index (κ2) is 4.57. The Balaban J connectivity index is 2.22. The van der Waals surface area contributed by atoms with Crippen LogP contribution in [0.4, 0.5) is 5.82 Å². The standard InChI is InChI=1S/C11H18N4/c1-3-10-13-9(2)8-11(14-10)15-6-4-12-5-7-15/h8,12H,3-7H2,1-2H3. The number of anilines is 1. The maximum atomic E-state index is 4.56. The highest BCUT2D eigenvalue weighted by Crippen LogP contribution is 2.13. The Morgan fingerprint density at radius 3 is 2.73 bits per heavy atom. The Morgan fingerprint density at radius 1 is 1.33 bits per heavy atom. The summed E-state index contributed by atoms with van der Waals surface area (Å²) in [6, 6.07) is 2.07. The molecule has 0 spiro atoms. The first kappa shape index (κ1) is 10.4. The number of hydrogen-bond donors (Lipinski definition) is 1. The van der Waals surface area contributed by atoms with Crippen molar-refractivity contribution in [2.75, 3.05) is 31.1 Å². The molecule has 1 aliphatic heterocycles. The summed E-state index contributed by atoms with van der Waals surface area (Å²) in [5.74, 6) is 2.03. The molecule has 1 aromatic rings. The van der Waals surface area contributed by atoms with Gasteiger partial charge in [-0.25, -0.2) is 9.97 Å². The second-order valence-corrected chi connectivity index (χ2v) is 3.87. The number of aromatic nitrogens is 2. The quantitative estimate of drug-likeness (QED) is 0.775. The van der Waals surface area contributed by atoms with Crippen LogP contribution in [0.3, 0.4) is 0 Å². The van der Waals surface area contributed by atoms with Crippen molar-refractivity contribution in [1.82, 2.24) is 15.3 Å². The van der Waals surface area contributed by atoms with E-state index in [1.54, 1.807) is 0 Å². The Bertz CT molecular complexity index is 331. The first-order chi connectivity index (χ1) is 7.29. The highest BCUT2D eigenvalue weighted by molar-refractivity contribution is 5.40. The zero-order chi connectivity index (χ0) is 10.7. The zero-order valence-corrected chi connectivity index (χ0v) is 9.45. The molecule has 0 amide bonds. The minimum atomic E-state index is 0.904. The van der Waals surface area contributed by atoms with Crippen LogP contribution >= 0.6 is 0 Å². The van der Waals surface area contributed by atoms with Crippen LogP contribution in [0.2, 0.25) is 0 Å². The Kier molecular flexibility index (Phi) is 3.16. The fourth-order valence-corrected chi connectivity index (χ4v) is 1.83. The smallest absolute Gasteiger partial charge is 0.132 e. The van der Waals surface area contributed by atoms with Crippen molar-refractivity contribution in [3.8, 4) is 0 Å². The first-order valence-electron chi connectivity index (χ1n) is 5.60. The van der Waals surface area contributed by atoms with E-state index in [-0.39, 0.29) is 0 Å². The second-order valence-electron chi connectivity index (χ2n) is 3.87. The van der Waals surface area contributed by atoms with Gasteiger partial charge in [-0.15, -0.1) is 0 Å². The maximum absolute atomic E-state index is 4.56. The number of piperazine rings is 1. The van der Waals surface area contributed by atoms with Crippen molar-refractivity contribution in [3.63, 3.8) is 0 Å². The summed E-state index contributed by atoms with van der Waals surface area (Å²) < 4.78 is 0. The van der Waals surface area contributed by atoms with Crippen molar-refractivity contribution in [1.29, 1.82) is 0 Å². The number of nitrogens with zero attached hydrogens (tertiary/aromatic N) is 3. The van der Waals surface area contributed by atoms with Crippen molar-refractivity contribution in [2.45, 2.75) is 20.3 Å². The van der Waals surface area contributed by atoms with E-state index in [9.17, 15) is 0 Å². The Labute approximate surface area is 90.7 Å². The van der Waals surface area contributed by atoms with E-state index in [1.165, 1.54) is 0 Å². The molecule has 0 unspecified atom stereocenters. The van der Waals surface area contributed by atoms with Crippen LogP contribution in [0.25, 0.3) is 0 Å². The third kappa shape index (κ3) is 2.45. The normalized spacial score (nSPS) is 16.8. The summed E-state index contributed by atoms with van der Waals surface area (Å²) in [4.78, 5) is 11.3. The van der Waals surface area contributed by atoms with Gasteiger partial charge in [0.05, 0.1) is 0 Å². The fourth-order valence-electron chi connectivity index (χ4n) is 1.83. The summed E-state index contributed by atoms with van der Waals surface area (Å²) in [5, 5.41) is 3.34. The van der Waals surface area contributed by atoms with Gasteiger partial charge in [-0.3, -0.25) is 0 Å². The van der Waals surface area contributed by atoms with Crippen molar-refractivity contribution >= 4 is 5.82 Å². The zero-order valence-electron chi connectivity index (χ0n) is 9.45. The van der Waals surface area contributed by atoms with Crippen LogP contribution in [0, 0.1) is 6.92 Å². The highest BCUT2D eigenvalue weighted by atomic mass is 15.2. The van der Waals surface area contributed by atoms with Gasteiger partial charge >= 0.3 is 0 Å². The van der Waals surface area contributed by atoms with Gasteiger partial charge in [0.25, 0.3) is 0 Å². The van der Waals surface area contributed by atoms with Crippen molar-refractivity contribution in [2.24, 2.45) is 0 Å². The fraction of sp³-hybridized carbons (Fsp3) is 0.636. The van der Waals surface area contributed by atoms with Crippen LogP contribution in [-0.4, -0.2) is 36.1 Å². The third-order valence-corrected chi connectivity index (χ3v) is 2.64. The third-order valence-electron chi connectivity index (χ3n) is 2.64. The van der Waals surface area contributed by atoms with Crippen LogP contribution in [0.15, 0.2) is 6.07 Å². The number of rotatable bonds is 2. The molecule has 4 heteroatoms. The average Bonchev–Trinajstić information content (AvgIpc) is 2.29. The lowest BCUT2D eigenvalue weighted by Gasteiger charge is -2.28. The van der Waals surface area contributed by atoms with Crippen molar-refractivity contribution in [3.05, 3.63) is 17.6 Å². The van der Waals surface area contributed by atoms with Crippen LogP contribution < -0.4 is 10.2 Å². The van der Waals surface area contributed by atoms with Gasteiger partial charge < -0.3 is 10.2 Å². The minimum absolute atomic E-state index is 0.904. The molecule has 0 atom stereocenters.